The van der Waals surface area contributed by atoms with E-state index >= 15 is 0 Å². The lowest BCUT2D eigenvalue weighted by Crippen LogP contribution is -2.47. The lowest BCUT2D eigenvalue weighted by Gasteiger charge is -2.34. The van der Waals surface area contributed by atoms with Gasteiger partial charge < -0.3 is 20.0 Å². The summed E-state index contributed by atoms with van der Waals surface area (Å²) in [5.41, 5.74) is 2.02. The Labute approximate surface area is 201 Å². The Kier molecular flexibility index (Phi) is 7.10. The van der Waals surface area contributed by atoms with E-state index in [-0.39, 0.29) is 23.9 Å². The number of nitrogens with zero attached hydrogens (tertiary/aromatic N) is 6. The molecule has 0 spiro atoms. The summed E-state index contributed by atoms with van der Waals surface area (Å²) in [6.45, 7) is 9.13. The third-order valence-corrected chi connectivity index (χ3v) is 7.83. The summed E-state index contributed by atoms with van der Waals surface area (Å²) in [4.78, 5) is 37.4. The van der Waals surface area contributed by atoms with Crippen molar-refractivity contribution in [2.24, 2.45) is 0 Å². The van der Waals surface area contributed by atoms with Crippen molar-refractivity contribution in [1.82, 2.24) is 34.6 Å². The Morgan fingerprint density at radius 2 is 1.79 bits per heavy atom. The first kappa shape index (κ1) is 23.2. The maximum absolute atomic E-state index is 13.2. The Morgan fingerprint density at radius 3 is 2.56 bits per heavy atom. The number of hydrogen-bond acceptors (Lipinski definition) is 6. The van der Waals surface area contributed by atoms with Crippen LogP contribution < -0.4 is 5.32 Å². The lowest BCUT2D eigenvalue weighted by atomic mass is 10.1. The van der Waals surface area contributed by atoms with Crippen LogP contribution in [-0.2, 0) is 4.79 Å². The molecule has 0 bridgehead atoms. The second kappa shape index (κ2) is 10.4. The first-order valence-corrected chi connectivity index (χ1v) is 13.0. The number of rotatable bonds is 7. The van der Waals surface area contributed by atoms with E-state index in [0.29, 0.717) is 17.6 Å². The summed E-state index contributed by atoms with van der Waals surface area (Å²) in [5, 5.41) is 7.67. The topological polar surface area (TPSA) is 86.1 Å². The van der Waals surface area contributed by atoms with Gasteiger partial charge in [-0.2, -0.15) is 5.10 Å². The van der Waals surface area contributed by atoms with Crippen molar-refractivity contribution in [2.45, 2.75) is 64.0 Å². The maximum Gasteiger partial charge on any atom is 0.256 e. The van der Waals surface area contributed by atoms with E-state index in [1.165, 1.54) is 12.8 Å². The first-order valence-electron chi connectivity index (χ1n) is 13.0. The molecule has 1 N–H and O–H groups in total. The molecule has 0 aromatic carbocycles. The van der Waals surface area contributed by atoms with Crippen molar-refractivity contribution in [3.8, 4) is 0 Å². The molecule has 1 atom stereocenters. The monoisotopic (exact) mass is 467 g/mol. The molecule has 3 aliphatic rings. The van der Waals surface area contributed by atoms with Crippen LogP contribution in [0.15, 0.2) is 18.5 Å². The molecule has 1 unspecified atom stereocenters. The van der Waals surface area contributed by atoms with Gasteiger partial charge in [0.1, 0.15) is 5.56 Å². The van der Waals surface area contributed by atoms with Gasteiger partial charge in [0.15, 0.2) is 5.65 Å². The van der Waals surface area contributed by atoms with Gasteiger partial charge in [0.05, 0.1) is 17.9 Å². The quantitative estimate of drug-likeness (QED) is 0.671. The van der Waals surface area contributed by atoms with E-state index in [0.717, 1.165) is 77.2 Å². The molecular weight excluding hydrogens is 430 g/mol. The average Bonchev–Trinajstić information content (AvgIpc) is 3.63. The van der Waals surface area contributed by atoms with Crippen LogP contribution >= 0.6 is 0 Å². The minimum Gasteiger partial charge on any atom is -0.349 e. The molecule has 9 nitrogen and oxygen atoms in total. The standard InChI is InChI=1S/C25H37N7O2/c1-2-29-14-16-30(17-15-29)13-10-23(33)31-12-5-8-21(31)22-9-11-26-24-20(18-27-32(22)24)25(34)28-19-6-3-4-7-19/h9,11,18-19,21H,2-8,10,12-17H2,1H3,(H,28,34). The molecular formula is C25H37N7O2. The van der Waals surface area contributed by atoms with Gasteiger partial charge in [-0.15, -0.1) is 0 Å². The summed E-state index contributed by atoms with van der Waals surface area (Å²) < 4.78 is 1.77. The number of amides is 2. The van der Waals surface area contributed by atoms with Gasteiger partial charge in [-0.25, -0.2) is 9.50 Å². The predicted octanol–water partition coefficient (Wildman–Crippen LogP) is 2.09. The minimum absolute atomic E-state index is 0.0272. The van der Waals surface area contributed by atoms with E-state index in [2.05, 4.69) is 32.1 Å². The molecule has 184 valence electrons. The zero-order chi connectivity index (χ0) is 23.5. The second-order valence-electron chi connectivity index (χ2n) is 9.89. The zero-order valence-corrected chi connectivity index (χ0v) is 20.3. The summed E-state index contributed by atoms with van der Waals surface area (Å²) in [7, 11) is 0. The van der Waals surface area contributed by atoms with Crippen LogP contribution in [0.1, 0.15) is 74.0 Å². The number of fused-ring (bicyclic) bond motifs is 1. The molecule has 2 saturated heterocycles. The van der Waals surface area contributed by atoms with Crippen molar-refractivity contribution in [1.29, 1.82) is 0 Å². The van der Waals surface area contributed by atoms with Crippen LogP contribution in [0, 0.1) is 0 Å². The van der Waals surface area contributed by atoms with Gasteiger partial charge in [0.2, 0.25) is 5.91 Å². The van der Waals surface area contributed by atoms with E-state index in [9.17, 15) is 9.59 Å². The molecule has 2 aromatic rings. The van der Waals surface area contributed by atoms with Gasteiger partial charge in [-0.3, -0.25) is 9.59 Å². The Balaban J connectivity index is 1.26. The van der Waals surface area contributed by atoms with Crippen molar-refractivity contribution >= 4 is 17.5 Å². The Morgan fingerprint density at radius 1 is 1.03 bits per heavy atom. The van der Waals surface area contributed by atoms with Crippen LogP contribution in [0.2, 0.25) is 0 Å². The van der Waals surface area contributed by atoms with Crippen LogP contribution in [0.3, 0.4) is 0 Å². The molecule has 3 fully saturated rings. The SMILES string of the molecule is CCN1CCN(CCC(=O)N2CCCC2c2ccnc3c(C(=O)NC4CCCC4)cnn23)CC1. The third kappa shape index (κ3) is 4.81. The first-order chi connectivity index (χ1) is 16.6. The number of likely N-dealkylation sites (N-methyl/N-ethyl adjacent to an activating group) is 1. The maximum atomic E-state index is 13.2. The van der Waals surface area contributed by atoms with Crippen molar-refractivity contribution in [2.75, 3.05) is 45.8 Å². The van der Waals surface area contributed by atoms with Crippen molar-refractivity contribution < 1.29 is 9.59 Å². The minimum atomic E-state index is -0.103. The number of likely N-dealkylation sites (tertiary alicyclic amines) is 1. The predicted molar refractivity (Wildman–Crippen MR) is 130 cm³/mol. The number of nitrogens with one attached hydrogen (secondary N) is 1. The number of piperazine rings is 1. The molecule has 2 aromatic heterocycles. The highest BCUT2D eigenvalue weighted by Crippen LogP contribution is 2.32. The molecule has 1 saturated carbocycles. The number of aromatic nitrogens is 3. The highest BCUT2D eigenvalue weighted by atomic mass is 16.2. The van der Waals surface area contributed by atoms with E-state index in [1.807, 2.05) is 11.0 Å². The van der Waals surface area contributed by atoms with Gasteiger partial charge in [0.25, 0.3) is 5.91 Å². The summed E-state index contributed by atoms with van der Waals surface area (Å²) >= 11 is 0. The Hall–Kier alpha value is -2.52. The fraction of sp³-hybridized carbons (Fsp3) is 0.680. The largest absolute Gasteiger partial charge is 0.349 e. The molecule has 0 radical (unpaired) electrons. The number of carbonyl (C=O) groups is 2. The smallest absolute Gasteiger partial charge is 0.256 e. The van der Waals surface area contributed by atoms with Gasteiger partial charge in [-0.05, 0) is 38.3 Å². The zero-order valence-electron chi connectivity index (χ0n) is 20.3. The highest BCUT2D eigenvalue weighted by Gasteiger charge is 2.32. The fourth-order valence-corrected chi connectivity index (χ4v) is 5.75. The molecule has 4 heterocycles. The van der Waals surface area contributed by atoms with Crippen LogP contribution in [0.25, 0.3) is 5.65 Å². The van der Waals surface area contributed by atoms with Gasteiger partial charge in [-0.1, -0.05) is 19.8 Å². The fourth-order valence-electron chi connectivity index (χ4n) is 5.75. The van der Waals surface area contributed by atoms with Crippen LogP contribution in [0.4, 0.5) is 0 Å². The van der Waals surface area contributed by atoms with Crippen molar-refractivity contribution in [3.63, 3.8) is 0 Å². The summed E-state index contributed by atoms with van der Waals surface area (Å²) in [6, 6.07) is 2.16. The van der Waals surface area contributed by atoms with Gasteiger partial charge in [0, 0.05) is 57.9 Å². The molecule has 5 rings (SSSR count). The van der Waals surface area contributed by atoms with Gasteiger partial charge >= 0.3 is 0 Å². The average molecular weight is 468 g/mol. The molecule has 9 heteroatoms. The molecule has 34 heavy (non-hydrogen) atoms. The molecule has 1 aliphatic carbocycles. The summed E-state index contributed by atoms with van der Waals surface area (Å²) in [6.07, 6.45) is 10.2. The van der Waals surface area contributed by atoms with E-state index < -0.39 is 0 Å². The highest BCUT2D eigenvalue weighted by molar-refractivity contribution is 5.99. The van der Waals surface area contributed by atoms with E-state index in [4.69, 9.17) is 0 Å². The lowest BCUT2D eigenvalue weighted by molar-refractivity contribution is -0.132. The van der Waals surface area contributed by atoms with Crippen LogP contribution in [0.5, 0.6) is 0 Å². The molecule has 2 aliphatic heterocycles. The van der Waals surface area contributed by atoms with Crippen LogP contribution in [-0.4, -0.2) is 93.0 Å². The van der Waals surface area contributed by atoms with E-state index in [1.54, 1.807) is 16.9 Å². The number of hydrogen-bond donors (Lipinski definition) is 1. The van der Waals surface area contributed by atoms with Crippen molar-refractivity contribution in [3.05, 3.63) is 29.7 Å². The Bertz CT molecular complexity index is 1010. The second-order valence-corrected chi connectivity index (χ2v) is 9.89. The molecule has 2 amide bonds. The third-order valence-electron chi connectivity index (χ3n) is 7.83. The normalized spacial score (nSPS) is 22.6. The number of carbonyl (C=O) groups excluding carboxylic acids is 2. The summed E-state index contributed by atoms with van der Waals surface area (Å²) in [5.74, 6) is 0.103.